The van der Waals surface area contributed by atoms with Gasteiger partial charge < -0.3 is 34.6 Å². The van der Waals surface area contributed by atoms with Crippen LogP contribution in [0.1, 0.15) is 0 Å². The molecular formula is C26H32BrN7O5S. The third-order valence-corrected chi connectivity index (χ3v) is 8.55. The average Bonchev–Trinajstić information content (AvgIpc) is 2.94. The summed E-state index contributed by atoms with van der Waals surface area (Å²) in [6.07, 6.45) is 2.74. The van der Waals surface area contributed by atoms with Gasteiger partial charge in [-0.1, -0.05) is 0 Å². The largest absolute Gasteiger partial charge is 0.494 e. The number of anilines is 6. The second kappa shape index (κ2) is 11.6. The molecule has 0 saturated carbocycles. The smallest absolute Gasteiger partial charge is 0.232 e. The first kappa shape index (κ1) is 28.1. The molecule has 5 rings (SSSR count). The molecule has 0 aliphatic carbocycles. The number of hydrogen-bond donors (Lipinski definition) is 2. The fourth-order valence-corrected chi connectivity index (χ4v) is 5.29. The molecule has 0 atom stereocenters. The van der Waals surface area contributed by atoms with E-state index in [0.29, 0.717) is 63.8 Å². The molecule has 1 saturated heterocycles. The molecule has 0 spiro atoms. The van der Waals surface area contributed by atoms with E-state index in [1.807, 2.05) is 12.1 Å². The van der Waals surface area contributed by atoms with Crippen molar-refractivity contribution in [2.24, 2.45) is 0 Å². The standard InChI is InChI=1S/C26H32BrN7O5S/c1-32-9-11-34(12-10-32)17-5-6-19(22(15-17)37-3)30-26-28-16-18(27)25(31-26)29-20-7-8-21-24(39-14-13-38-21)23(20)33(2)40(4,35)36/h5-8,15-16H,9-14H2,1-4H3,(H2,28,29,30,31). The van der Waals surface area contributed by atoms with E-state index in [9.17, 15) is 8.42 Å². The highest BCUT2D eigenvalue weighted by Gasteiger charge is 2.27. The van der Waals surface area contributed by atoms with Gasteiger partial charge in [-0.25, -0.2) is 13.4 Å². The zero-order valence-electron chi connectivity index (χ0n) is 22.8. The van der Waals surface area contributed by atoms with Crippen LogP contribution in [-0.4, -0.2) is 90.1 Å². The maximum atomic E-state index is 12.5. The Bertz CT molecular complexity index is 1500. The number of fused-ring (bicyclic) bond motifs is 1. The van der Waals surface area contributed by atoms with Gasteiger partial charge in [0.05, 0.1) is 29.2 Å². The van der Waals surface area contributed by atoms with Gasteiger partial charge >= 0.3 is 0 Å². The monoisotopic (exact) mass is 633 g/mol. The lowest BCUT2D eigenvalue weighted by Gasteiger charge is -2.34. The Hall–Kier alpha value is -3.49. The van der Waals surface area contributed by atoms with Gasteiger partial charge in [0.25, 0.3) is 0 Å². The summed E-state index contributed by atoms with van der Waals surface area (Å²) in [5.74, 6) is 2.23. The molecule has 1 aromatic heterocycles. The summed E-state index contributed by atoms with van der Waals surface area (Å²) in [5, 5.41) is 6.47. The van der Waals surface area contributed by atoms with Gasteiger partial charge in [-0.05, 0) is 47.2 Å². The van der Waals surface area contributed by atoms with Gasteiger partial charge in [0, 0.05) is 51.2 Å². The number of benzene rings is 2. The highest BCUT2D eigenvalue weighted by Crippen LogP contribution is 2.46. The fourth-order valence-electron chi connectivity index (χ4n) is 4.49. The van der Waals surface area contributed by atoms with E-state index in [-0.39, 0.29) is 0 Å². The van der Waals surface area contributed by atoms with Crippen molar-refractivity contribution in [3.63, 3.8) is 0 Å². The minimum absolute atomic E-state index is 0.307. The number of halogens is 1. The maximum Gasteiger partial charge on any atom is 0.232 e. The molecule has 2 N–H and O–H groups in total. The number of nitrogens with one attached hydrogen (secondary N) is 2. The third kappa shape index (κ3) is 5.98. The SMILES string of the molecule is COc1cc(N2CCN(C)CC2)ccc1Nc1ncc(Br)c(Nc2ccc3c(c2N(C)S(C)(=O)=O)OCCO3)n1. The molecule has 0 unspecified atom stereocenters. The number of methoxy groups -OCH3 is 1. The molecule has 0 amide bonds. The Morgan fingerprint density at radius 1 is 1.05 bits per heavy atom. The lowest BCUT2D eigenvalue weighted by molar-refractivity contribution is 0.172. The lowest BCUT2D eigenvalue weighted by atomic mass is 10.2. The van der Waals surface area contributed by atoms with Gasteiger partial charge in [-0.2, -0.15) is 4.98 Å². The molecule has 2 aromatic carbocycles. The van der Waals surface area contributed by atoms with E-state index < -0.39 is 10.0 Å². The number of sulfonamides is 1. The van der Waals surface area contributed by atoms with Crippen LogP contribution >= 0.6 is 15.9 Å². The topological polar surface area (TPSA) is 121 Å². The summed E-state index contributed by atoms with van der Waals surface area (Å²) < 4.78 is 43.9. The summed E-state index contributed by atoms with van der Waals surface area (Å²) >= 11 is 3.50. The van der Waals surface area contributed by atoms with Crippen molar-refractivity contribution in [3.05, 3.63) is 41.0 Å². The van der Waals surface area contributed by atoms with Crippen molar-refractivity contribution in [2.75, 3.05) is 86.7 Å². The molecule has 12 nitrogen and oxygen atoms in total. The average molecular weight is 635 g/mol. The van der Waals surface area contributed by atoms with Crippen molar-refractivity contribution in [3.8, 4) is 17.2 Å². The second-order valence-corrected chi connectivity index (χ2v) is 12.4. The Labute approximate surface area is 242 Å². The number of hydrogen-bond acceptors (Lipinski definition) is 11. The number of ether oxygens (including phenoxy) is 3. The normalized spacial score (nSPS) is 15.5. The Morgan fingerprint density at radius 3 is 2.50 bits per heavy atom. The van der Waals surface area contributed by atoms with E-state index in [0.717, 1.165) is 42.4 Å². The molecular weight excluding hydrogens is 602 g/mol. The van der Waals surface area contributed by atoms with Crippen LogP contribution in [-0.2, 0) is 10.0 Å². The van der Waals surface area contributed by atoms with Crippen molar-refractivity contribution in [1.29, 1.82) is 0 Å². The number of likely N-dealkylation sites (N-methyl/N-ethyl adjacent to an activating group) is 1. The summed E-state index contributed by atoms with van der Waals surface area (Å²) in [5.41, 5.74) is 2.60. The molecule has 3 heterocycles. The van der Waals surface area contributed by atoms with E-state index >= 15 is 0 Å². The van der Waals surface area contributed by atoms with Gasteiger partial charge in [-0.15, -0.1) is 0 Å². The summed E-state index contributed by atoms with van der Waals surface area (Å²) in [4.78, 5) is 13.7. The lowest BCUT2D eigenvalue weighted by Crippen LogP contribution is -2.44. The van der Waals surface area contributed by atoms with E-state index in [2.05, 4.69) is 59.4 Å². The van der Waals surface area contributed by atoms with Gasteiger partial charge in [0.2, 0.25) is 16.0 Å². The predicted molar refractivity (Wildman–Crippen MR) is 160 cm³/mol. The van der Waals surface area contributed by atoms with Crippen LogP contribution in [0.5, 0.6) is 17.2 Å². The van der Waals surface area contributed by atoms with E-state index in [1.54, 1.807) is 25.4 Å². The molecule has 2 aliphatic heterocycles. The van der Waals surface area contributed by atoms with Crippen molar-refractivity contribution in [1.82, 2.24) is 14.9 Å². The van der Waals surface area contributed by atoms with Crippen LogP contribution in [0.2, 0.25) is 0 Å². The van der Waals surface area contributed by atoms with E-state index in [4.69, 9.17) is 14.2 Å². The van der Waals surface area contributed by atoms with Crippen LogP contribution in [0, 0.1) is 0 Å². The van der Waals surface area contributed by atoms with E-state index in [1.165, 1.54) is 7.05 Å². The summed E-state index contributed by atoms with van der Waals surface area (Å²) in [6, 6.07) is 9.47. The molecule has 0 bridgehead atoms. The molecule has 214 valence electrons. The molecule has 14 heteroatoms. The van der Waals surface area contributed by atoms with Crippen LogP contribution < -0.4 is 34.0 Å². The van der Waals surface area contributed by atoms with Crippen molar-refractivity contribution >= 4 is 60.5 Å². The molecule has 1 fully saturated rings. The van der Waals surface area contributed by atoms with Crippen LogP contribution in [0.3, 0.4) is 0 Å². The molecule has 0 radical (unpaired) electrons. The first-order valence-corrected chi connectivity index (χ1v) is 15.3. The first-order valence-electron chi connectivity index (χ1n) is 12.7. The van der Waals surface area contributed by atoms with Crippen molar-refractivity contribution < 1.29 is 22.6 Å². The zero-order chi connectivity index (χ0) is 28.4. The number of aromatic nitrogens is 2. The number of piperazine rings is 1. The summed E-state index contributed by atoms with van der Waals surface area (Å²) in [7, 11) is 1.62. The van der Waals surface area contributed by atoms with Crippen LogP contribution in [0.25, 0.3) is 0 Å². The Kier molecular flexibility index (Phi) is 8.10. The highest BCUT2D eigenvalue weighted by molar-refractivity contribution is 9.10. The maximum absolute atomic E-state index is 12.5. The molecule has 2 aliphatic rings. The number of rotatable bonds is 8. The van der Waals surface area contributed by atoms with Gasteiger partial charge in [0.1, 0.15) is 30.5 Å². The van der Waals surface area contributed by atoms with Crippen LogP contribution in [0.15, 0.2) is 41.0 Å². The van der Waals surface area contributed by atoms with Crippen LogP contribution in [0.4, 0.5) is 34.5 Å². The zero-order valence-corrected chi connectivity index (χ0v) is 25.2. The third-order valence-electron chi connectivity index (χ3n) is 6.79. The minimum Gasteiger partial charge on any atom is -0.494 e. The Morgan fingerprint density at radius 2 is 1.77 bits per heavy atom. The van der Waals surface area contributed by atoms with Gasteiger partial charge in [-0.3, -0.25) is 4.31 Å². The Balaban J connectivity index is 1.43. The minimum atomic E-state index is -3.60. The predicted octanol–water partition coefficient (Wildman–Crippen LogP) is 3.65. The van der Waals surface area contributed by atoms with Gasteiger partial charge in [0.15, 0.2) is 11.5 Å². The van der Waals surface area contributed by atoms with Crippen molar-refractivity contribution in [2.45, 2.75) is 0 Å². The highest BCUT2D eigenvalue weighted by atomic mass is 79.9. The first-order chi connectivity index (χ1) is 19.1. The molecule has 3 aromatic rings. The number of nitrogens with zero attached hydrogens (tertiary/aromatic N) is 5. The quantitative estimate of drug-likeness (QED) is 0.378. The second-order valence-electron chi connectivity index (χ2n) is 9.53. The molecule has 40 heavy (non-hydrogen) atoms. The fraction of sp³-hybridized carbons (Fsp3) is 0.385. The summed E-state index contributed by atoms with van der Waals surface area (Å²) in [6.45, 7) is 4.61.